The number of pyridine rings is 1. The van der Waals surface area contributed by atoms with Crippen molar-refractivity contribution < 1.29 is 9.59 Å². The van der Waals surface area contributed by atoms with Crippen molar-refractivity contribution in [1.29, 1.82) is 0 Å². The first-order chi connectivity index (χ1) is 13.1. The van der Waals surface area contributed by atoms with Crippen molar-refractivity contribution >= 4 is 11.8 Å². The Morgan fingerprint density at radius 3 is 2.56 bits per heavy atom. The largest absolute Gasteiger partial charge is 0.347 e. The number of rotatable bonds is 5. The van der Waals surface area contributed by atoms with Gasteiger partial charge in [0.05, 0.1) is 0 Å². The maximum absolute atomic E-state index is 12.7. The van der Waals surface area contributed by atoms with Gasteiger partial charge in [0.15, 0.2) is 0 Å². The van der Waals surface area contributed by atoms with E-state index in [0.29, 0.717) is 25.2 Å². The molecular weight excluding hydrogens is 340 g/mol. The van der Waals surface area contributed by atoms with Gasteiger partial charge in [0.2, 0.25) is 0 Å². The topological polar surface area (TPSA) is 65.5 Å². The second-order valence-corrected chi connectivity index (χ2v) is 6.77. The van der Waals surface area contributed by atoms with E-state index in [0.717, 1.165) is 30.8 Å². The summed E-state index contributed by atoms with van der Waals surface area (Å²) in [6.45, 7) is 8.77. The van der Waals surface area contributed by atoms with Gasteiger partial charge in [-0.3, -0.25) is 14.6 Å². The average molecular weight is 366 g/mol. The highest BCUT2D eigenvalue weighted by atomic mass is 16.2. The molecule has 142 valence electrons. The normalized spacial score (nSPS) is 14.8. The second-order valence-electron chi connectivity index (χ2n) is 6.77. The Morgan fingerprint density at radius 1 is 1.11 bits per heavy atom. The van der Waals surface area contributed by atoms with Crippen molar-refractivity contribution in [2.24, 2.45) is 0 Å². The second kappa shape index (κ2) is 8.77. The monoisotopic (exact) mass is 366 g/mol. The third kappa shape index (κ3) is 4.71. The molecule has 0 saturated carbocycles. The molecule has 1 aromatic heterocycles. The first kappa shape index (κ1) is 19.0. The number of amides is 2. The molecule has 0 bridgehead atoms. The quantitative estimate of drug-likeness (QED) is 0.880. The lowest BCUT2D eigenvalue weighted by Gasteiger charge is -2.34. The summed E-state index contributed by atoms with van der Waals surface area (Å²) in [5.41, 5.74) is 2.96. The zero-order chi connectivity index (χ0) is 19.2. The standard InChI is InChI=1S/C21H26N4O2/c1-3-24-10-12-25(13-11-24)21(27)17-8-9-22-19(14-17)20(26)23-15-18-7-5-4-6-16(18)2/h4-9,14H,3,10-13,15H2,1-2H3,(H,23,26). The molecule has 2 amide bonds. The molecule has 3 rings (SSSR count). The average Bonchev–Trinajstić information content (AvgIpc) is 2.72. The lowest BCUT2D eigenvalue weighted by atomic mass is 10.1. The maximum atomic E-state index is 12.7. The van der Waals surface area contributed by atoms with Crippen molar-refractivity contribution in [1.82, 2.24) is 20.1 Å². The summed E-state index contributed by atoms with van der Waals surface area (Å²) in [7, 11) is 0. The van der Waals surface area contributed by atoms with Gasteiger partial charge in [-0.25, -0.2) is 0 Å². The number of benzene rings is 1. The van der Waals surface area contributed by atoms with Gasteiger partial charge in [-0.05, 0) is 36.7 Å². The molecule has 0 radical (unpaired) electrons. The summed E-state index contributed by atoms with van der Waals surface area (Å²) in [5, 5.41) is 2.88. The van der Waals surface area contributed by atoms with E-state index in [1.54, 1.807) is 12.1 Å². The zero-order valence-electron chi connectivity index (χ0n) is 15.9. The van der Waals surface area contributed by atoms with Crippen LogP contribution in [-0.2, 0) is 6.54 Å². The summed E-state index contributed by atoms with van der Waals surface area (Å²) >= 11 is 0. The number of nitrogens with one attached hydrogen (secondary N) is 1. The molecular formula is C21H26N4O2. The highest BCUT2D eigenvalue weighted by Gasteiger charge is 2.22. The van der Waals surface area contributed by atoms with E-state index in [-0.39, 0.29) is 17.5 Å². The molecule has 0 aliphatic carbocycles. The lowest BCUT2D eigenvalue weighted by molar-refractivity contribution is 0.0643. The number of carbonyl (C=O) groups is 2. The number of aryl methyl sites for hydroxylation is 1. The molecule has 1 aliphatic heterocycles. The van der Waals surface area contributed by atoms with E-state index >= 15 is 0 Å². The SMILES string of the molecule is CCN1CCN(C(=O)c2ccnc(C(=O)NCc3ccccc3C)c2)CC1. The van der Waals surface area contributed by atoms with Crippen LogP contribution < -0.4 is 5.32 Å². The number of carbonyl (C=O) groups excluding carboxylic acids is 2. The maximum Gasteiger partial charge on any atom is 0.270 e. The first-order valence-electron chi connectivity index (χ1n) is 9.39. The molecule has 2 heterocycles. The molecule has 2 aromatic rings. The number of piperazine rings is 1. The van der Waals surface area contributed by atoms with Gasteiger partial charge in [0.1, 0.15) is 5.69 Å². The fourth-order valence-electron chi connectivity index (χ4n) is 3.21. The molecule has 0 atom stereocenters. The van der Waals surface area contributed by atoms with Crippen LogP contribution in [0.1, 0.15) is 38.9 Å². The minimum atomic E-state index is -0.274. The minimum absolute atomic E-state index is 0.0406. The van der Waals surface area contributed by atoms with Crippen molar-refractivity contribution in [2.45, 2.75) is 20.4 Å². The fourth-order valence-corrected chi connectivity index (χ4v) is 3.21. The van der Waals surface area contributed by atoms with Crippen molar-refractivity contribution in [2.75, 3.05) is 32.7 Å². The van der Waals surface area contributed by atoms with E-state index in [9.17, 15) is 9.59 Å². The van der Waals surface area contributed by atoms with E-state index in [4.69, 9.17) is 0 Å². The van der Waals surface area contributed by atoms with Crippen LogP contribution in [0, 0.1) is 6.92 Å². The molecule has 0 spiro atoms. The number of aromatic nitrogens is 1. The predicted molar refractivity (Wildman–Crippen MR) is 105 cm³/mol. The Labute approximate surface area is 160 Å². The Balaban J connectivity index is 1.63. The van der Waals surface area contributed by atoms with Crippen LogP contribution >= 0.6 is 0 Å². The number of nitrogens with zero attached hydrogens (tertiary/aromatic N) is 3. The van der Waals surface area contributed by atoms with Crippen LogP contribution in [-0.4, -0.2) is 59.3 Å². The van der Waals surface area contributed by atoms with Crippen LogP contribution in [0.5, 0.6) is 0 Å². The molecule has 1 aliphatic rings. The lowest BCUT2D eigenvalue weighted by Crippen LogP contribution is -2.48. The molecule has 1 aromatic carbocycles. The Bertz CT molecular complexity index is 813. The number of likely N-dealkylation sites (N-methyl/N-ethyl adjacent to an activating group) is 1. The van der Waals surface area contributed by atoms with Crippen LogP contribution in [0.3, 0.4) is 0 Å². The molecule has 0 unspecified atom stereocenters. The van der Waals surface area contributed by atoms with Gasteiger partial charge < -0.3 is 15.1 Å². The summed E-state index contributed by atoms with van der Waals surface area (Å²) < 4.78 is 0. The predicted octanol–water partition coefficient (Wildman–Crippen LogP) is 2.10. The van der Waals surface area contributed by atoms with Crippen LogP contribution in [0.2, 0.25) is 0 Å². The number of hydrogen-bond donors (Lipinski definition) is 1. The van der Waals surface area contributed by atoms with Crippen molar-refractivity contribution in [3.05, 3.63) is 65.0 Å². The highest BCUT2D eigenvalue weighted by Crippen LogP contribution is 2.11. The third-order valence-electron chi connectivity index (χ3n) is 5.05. The summed E-state index contributed by atoms with van der Waals surface area (Å²) in [6, 6.07) is 11.2. The minimum Gasteiger partial charge on any atom is -0.347 e. The Kier molecular flexibility index (Phi) is 6.19. The molecule has 27 heavy (non-hydrogen) atoms. The van der Waals surface area contributed by atoms with Gasteiger partial charge in [-0.2, -0.15) is 0 Å². The molecule has 1 N–H and O–H groups in total. The van der Waals surface area contributed by atoms with Crippen molar-refractivity contribution in [3.8, 4) is 0 Å². The van der Waals surface area contributed by atoms with Crippen LogP contribution in [0.15, 0.2) is 42.6 Å². The molecule has 1 fully saturated rings. The van der Waals surface area contributed by atoms with E-state index in [2.05, 4.69) is 22.1 Å². The molecule has 1 saturated heterocycles. The third-order valence-corrected chi connectivity index (χ3v) is 5.05. The highest BCUT2D eigenvalue weighted by molar-refractivity contribution is 5.98. The van der Waals surface area contributed by atoms with Gasteiger partial charge in [-0.15, -0.1) is 0 Å². The first-order valence-corrected chi connectivity index (χ1v) is 9.39. The summed E-state index contributed by atoms with van der Waals surface area (Å²) in [4.78, 5) is 33.5. The summed E-state index contributed by atoms with van der Waals surface area (Å²) in [5.74, 6) is -0.315. The zero-order valence-corrected chi connectivity index (χ0v) is 15.9. The van der Waals surface area contributed by atoms with Gasteiger partial charge in [-0.1, -0.05) is 31.2 Å². The van der Waals surface area contributed by atoms with E-state index < -0.39 is 0 Å². The van der Waals surface area contributed by atoms with Gasteiger partial charge >= 0.3 is 0 Å². The molecule has 6 heteroatoms. The Hall–Kier alpha value is -2.73. The fraction of sp³-hybridized carbons (Fsp3) is 0.381. The molecule has 6 nitrogen and oxygen atoms in total. The van der Waals surface area contributed by atoms with Gasteiger partial charge in [0.25, 0.3) is 11.8 Å². The van der Waals surface area contributed by atoms with Crippen LogP contribution in [0.4, 0.5) is 0 Å². The van der Waals surface area contributed by atoms with Gasteiger partial charge in [0, 0.05) is 44.5 Å². The Morgan fingerprint density at radius 2 is 1.85 bits per heavy atom. The number of hydrogen-bond acceptors (Lipinski definition) is 4. The van der Waals surface area contributed by atoms with Crippen LogP contribution in [0.25, 0.3) is 0 Å². The van der Waals surface area contributed by atoms with E-state index in [1.165, 1.54) is 6.20 Å². The smallest absolute Gasteiger partial charge is 0.270 e. The van der Waals surface area contributed by atoms with Crippen molar-refractivity contribution in [3.63, 3.8) is 0 Å². The van der Waals surface area contributed by atoms with E-state index in [1.807, 2.05) is 36.1 Å². The summed E-state index contributed by atoms with van der Waals surface area (Å²) in [6.07, 6.45) is 1.53.